The molecule has 0 aromatic carbocycles. The molecule has 0 spiro atoms. The van der Waals surface area contributed by atoms with Crippen molar-refractivity contribution in [3.63, 3.8) is 0 Å². The van der Waals surface area contributed by atoms with Crippen LogP contribution in [0.25, 0.3) is 0 Å². The molecule has 1 atom stereocenters. The third kappa shape index (κ3) is 8.11. The van der Waals surface area contributed by atoms with Crippen LogP contribution in [0.1, 0.15) is 6.42 Å². The smallest absolute Gasteiger partial charge is 0.332 e. The molecule has 0 aromatic heterocycles. The van der Waals surface area contributed by atoms with E-state index in [-0.39, 0.29) is 0 Å². The highest BCUT2D eigenvalue weighted by atomic mass is 31.1. The van der Waals surface area contributed by atoms with E-state index in [1.807, 2.05) is 0 Å². The molecule has 0 saturated heterocycles. The lowest BCUT2D eigenvalue weighted by Crippen LogP contribution is -2.09. The summed E-state index contributed by atoms with van der Waals surface area (Å²) in [5, 5.41) is 0. The van der Waals surface area contributed by atoms with Gasteiger partial charge in [0.25, 0.3) is 0 Å². The van der Waals surface area contributed by atoms with E-state index in [1.54, 1.807) is 0 Å². The summed E-state index contributed by atoms with van der Waals surface area (Å²) in [5.74, 6) is 0. The molecule has 0 rings (SSSR count). The molecule has 0 N–H and O–H groups in total. The molecular formula is C3H5F4OP. The van der Waals surface area contributed by atoms with Crippen molar-refractivity contribution in [3.8, 4) is 0 Å². The van der Waals surface area contributed by atoms with Crippen LogP contribution in [-0.4, -0.2) is 12.8 Å². The van der Waals surface area contributed by atoms with Gasteiger partial charge in [-0.05, 0) is 0 Å². The minimum absolute atomic E-state index is 0.585. The van der Waals surface area contributed by atoms with E-state index in [0.29, 0.717) is 0 Å². The standard InChI is InChI=1S/C3H5F4OP/c4-3(5,6)1-2-8-9-7/h9H,1-2H2. The van der Waals surface area contributed by atoms with E-state index in [2.05, 4.69) is 4.52 Å². The topological polar surface area (TPSA) is 9.23 Å². The van der Waals surface area contributed by atoms with E-state index in [9.17, 15) is 17.4 Å². The molecule has 0 saturated carbocycles. The fourth-order valence-corrected chi connectivity index (χ4v) is 0.385. The van der Waals surface area contributed by atoms with Gasteiger partial charge in [-0.2, -0.15) is 17.4 Å². The Morgan fingerprint density at radius 2 is 1.89 bits per heavy atom. The molecule has 0 aromatic rings. The summed E-state index contributed by atoms with van der Waals surface area (Å²) < 4.78 is 48.4. The first-order chi connectivity index (χ1) is 4.06. The second-order valence-corrected chi connectivity index (χ2v) is 1.73. The van der Waals surface area contributed by atoms with Crippen molar-refractivity contribution >= 4 is 9.12 Å². The molecular weight excluding hydrogens is 159 g/mol. The Balaban J connectivity index is 3.07. The number of alkyl halides is 3. The number of rotatable bonds is 3. The molecule has 0 aliphatic heterocycles. The molecule has 9 heavy (non-hydrogen) atoms. The number of hydrogen-bond donors (Lipinski definition) is 0. The van der Waals surface area contributed by atoms with Crippen LogP contribution in [0.2, 0.25) is 0 Å². The highest BCUT2D eigenvalue weighted by Gasteiger charge is 2.26. The zero-order valence-corrected chi connectivity index (χ0v) is 5.33. The second-order valence-electron chi connectivity index (χ2n) is 1.29. The van der Waals surface area contributed by atoms with Gasteiger partial charge < -0.3 is 4.52 Å². The zero-order valence-electron chi connectivity index (χ0n) is 4.33. The van der Waals surface area contributed by atoms with Crippen LogP contribution >= 0.6 is 9.12 Å². The lowest BCUT2D eigenvalue weighted by atomic mass is 10.5. The van der Waals surface area contributed by atoms with Crippen LogP contribution in [0.3, 0.4) is 0 Å². The minimum Gasteiger partial charge on any atom is -0.332 e. The molecule has 0 bridgehead atoms. The van der Waals surface area contributed by atoms with Gasteiger partial charge in [-0.25, -0.2) is 0 Å². The SMILES string of the molecule is FPOCCC(F)(F)F. The second kappa shape index (κ2) is 4.01. The lowest BCUT2D eigenvalue weighted by molar-refractivity contribution is -0.139. The molecule has 1 unspecified atom stereocenters. The Labute approximate surface area is 51.4 Å². The first-order valence-electron chi connectivity index (χ1n) is 2.10. The van der Waals surface area contributed by atoms with Crippen molar-refractivity contribution < 1.29 is 21.9 Å². The van der Waals surface area contributed by atoms with Crippen LogP contribution in [-0.2, 0) is 4.52 Å². The van der Waals surface area contributed by atoms with Crippen molar-refractivity contribution in [3.05, 3.63) is 0 Å². The van der Waals surface area contributed by atoms with Gasteiger partial charge in [-0.1, -0.05) is 0 Å². The summed E-state index contributed by atoms with van der Waals surface area (Å²) in [6.07, 6.45) is -5.32. The lowest BCUT2D eigenvalue weighted by Gasteiger charge is -2.03. The van der Waals surface area contributed by atoms with Crippen LogP contribution < -0.4 is 0 Å². The summed E-state index contributed by atoms with van der Waals surface area (Å²) >= 11 is 0. The largest absolute Gasteiger partial charge is 0.391 e. The Bertz CT molecular complexity index is 72.7. The third-order valence-corrected chi connectivity index (χ3v) is 0.855. The Morgan fingerprint density at radius 1 is 1.33 bits per heavy atom. The maximum absolute atomic E-state index is 11.2. The van der Waals surface area contributed by atoms with Gasteiger partial charge in [-0.15, -0.1) is 0 Å². The maximum Gasteiger partial charge on any atom is 0.391 e. The van der Waals surface area contributed by atoms with E-state index in [4.69, 9.17) is 0 Å². The summed E-state index contributed by atoms with van der Waals surface area (Å²) in [5.41, 5.74) is 0. The highest BCUT2D eigenvalue weighted by Crippen LogP contribution is 2.21. The highest BCUT2D eigenvalue weighted by molar-refractivity contribution is 7.25. The quantitative estimate of drug-likeness (QED) is 0.353. The first kappa shape index (κ1) is 9.11. The molecule has 0 aliphatic rings. The number of halogens is 4. The van der Waals surface area contributed by atoms with Crippen LogP contribution in [0.4, 0.5) is 17.4 Å². The summed E-state index contributed by atoms with van der Waals surface area (Å²) in [6, 6.07) is 0. The Hall–Kier alpha value is 0.110. The molecule has 6 heteroatoms. The van der Waals surface area contributed by atoms with E-state index < -0.39 is 28.3 Å². The van der Waals surface area contributed by atoms with Crippen LogP contribution in [0.5, 0.6) is 0 Å². The van der Waals surface area contributed by atoms with E-state index >= 15 is 0 Å². The molecule has 0 fully saturated rings. The fourth-order valence-electron chi connectivity index (χ4n) is 0.205. The molecule has 0 aliphatic carbocycles. The predicted octanol–water partition coefficient (Wildman–Crippen LogP) is 2.43. The average Bonchev–Trinajstić information content (AvgIpc) is 1.63. The summed E-state index contributed by atoms with van der Waals surface area (Å²) in [6.45, 7) is -0.585. The Morgan fingerprint density at radius 3 is 2.22 bits per heavy atom. The summed E-state index contributed by atoms with van der Waals surface area (Å²) in [4.78, 5) is 0. The zero-order chi connectivity index (χ0) is 7.33. The maximum atomic E-state index is 11.2. The predicted molar refractivity (Wildman–Crippen MR) is 26.0 cm³/mol. The van der Waals surface area contributed by atoms with Gasteiger partial charge in [0.05, 0.1) is 13.0 Å². The molecule has 56 valence electrons. The van der Waals surface area contributed by atoms with Crippen molar-refractivity contribution in [2.75, 3.05) is 6.61 Å². The molecule has 0 amide bonds. The molecule has 0 heterocycles. The minimum atomic E-state index is -4.24. The van der Waals surface area contributed by atoms with Gasteiger partial charge in [0, 0.05) is 0 Å². The molecule has 1 nitrogen and oxygen atoms in total. The molecule has 0 radical (unpaired) electrons. The Kier molecular flexibility index (Phi) is 4.06. The first-order valence-corrected chi connectivity index (χ1v) is 2.89. The van der Waals surface area contributed by atoms with Crippen LogP contribution in [0.15, 0.2) is 0 Å². The normalized spacial score (nSPS) is 13.3. The van der Waals surface area contributed by atoms with Crippen molar-refractivity contribution in [2.24, 2.45) is 0 Å². The van der Waals surface area contributed by atoms with Crippen molar-refractivity contribution in [2.45, 2.75) is 12.6 Å². The van der Waals surface area contributed by atoms with Crippen LogP contribution in [0, 0.1) is 0 Å². The van der Waals surface area contributed by atoms with Gasteiger partial charge >= 0.3 is 6.18 Å². The van der Waals surface area contributed by atoms with E-state index in [1.165, 1.54) is 0 Å². The van der Waals surface area contributed by atoms with Crippen molar-refractivity contribution in [1.82, 2.24) is 0 Å². The van der Waals surface area contributed by atoms with E-state index in [0.717, 1.165) is 0 Å². The van der Waals surface area contributed by atoms with Gasteiger partial charge in [0.1, 0.15) is 0 Å². The fraction of sp³-hybridized carbons (Fsp3) is 1.00. The average molecular weight is 164 g/mol. The van der Waals surface area contributed by atoms with Crippen molar-refractivity contribution in [1.29, 1.82) is 0 Å². The number of hydrogen-bond acceptors (Lipinski definition) is 1. The summed E-state index contributed by atoms with van der Waals surface area (Å²) in [7, 11) is -1.36. The third-order valence-electron chi connectivity index (χ3n) is 0.542. The van der Waals surface area contributed by atoms with Gasteiger partial charge in [0.15, 0.2) is 0 Å². The van der Waals surface area contributed by atoms with Gasteiger partial charge in [-0.3, -0.25) is 0 Å². The van der Waals surface area contributed by atoms with Gasteiger partial charge in [0.2, 0.25) is 9.12 Å². The monoisotopic (exact) mass is 164 g/mol.